The standard InChI is InChI=1S/2Al.2Co.2Cr.3O.6H/q;;;;2*+3;3*-2;;;;;;. The molecule has 0 N–H and O–H groups in total. The van der Waals surface area contributed by atoms with E-state index in [0.717, 1.165) is 0 Å². The Morgan fingerprint density at radius 1 is 0.444 bits per heavy atom. The summed E-state index contributed by atoms with van der Waals surface area (Å²) in [4.78, 5) is 0. The Balaban J connectivity index is 0. The molecule has 3 nitrogen and oxygen atoms in total. The first-order chi connectivity index (χ1) is 0. The molecular weight excluding hydrogens is 324 g/mol. The SMILES string of the molecule is [AlH3].[AlH3].[Co].[Co].[Cr+3].[Cr+3].[O-2].[O-2].[O-2]. The second-order valence-corrected chi connectivity index (χ2v) is 0. The third-order valence-corrected chi connectivity index (χ3v) is 0. The van der Waals surface area contributed by atoms with Crippen molar-refractivity contribution in [1.82, 2.24) is 0 Å². The molecule has 9 heavy (non-hydrogen) atoms. The van der Waals surface area contributed by atoms with E-state index >= 15 is 0 Å². The van der Waals surface area contributed by atoms with E-state index in [2.05, 4.69) is 0 Å². The fourth-order valence-corrected chi connectivity index (χ4v) is 0. The third-order valence-electron chi connectivity index (χ3n) is 0. The smallest absolute Gasteiger partial charge is 2.00 e. The van der Waals surface area contributed by atoms with Gasteiger partial charge in [-0.3, -0.25) is 0 Å². The molecule has 0 heterocycles. The third kappa shape index (κ3) is 98.2. The van der Waals surface area contributed by atoms with Crippen LogP contribution in [0.2, 0.25) is 0 Å². The van der Waals surface area contributed by atoms with E-state index in [9.17, 15) is 0 Å². The van der Waals surface area contributed by atoms with E-state index in [-0.39, 0.29) is 119 Å². The van der Waals surface area contributed by atoms with Gasteiger partial charge in [0.15, 0.2) is 34.7 Å². The Morgan fingerprint density at radius 2 is 0.444 bits per heavy atom. The van der Waals surface area contributed by atoms with Crippen molar-refractivity contribution in [3.63, 3.8) is 0 Å². The predicted molar refractivity (Wildman–Crippen MR) is 21.9 cm³/mol. The molecule has 0 rings (SSSR count). The minimum atomic E-state index is 0. The van der Waals surface area contributed by atoms with Crippen LogP contribution in [0.25, 0.3) is 0 Å². The van der Waals surface area contributed by atoms with Crippen molar-refractivity contribution < 1.29 is 84.7 Å². The quantitative estimate of drug-likeness (QED) is 0.432. The van der Waals surface area contributed by atoms with E-state index in [1.165, 1.54) is 0 Å². The maximum Gasteiger partial charge on any atom is 3.00 e. The summed E-state index contributed by atoms with van der Waals surface area (Å²) >= 11 is 0. The molecule has 0 aliphatic heterocycles. The maximum absolute atomic E-state index is 0. The minimum Gasteiger partial charge on any atom is -2.00 e. The second-order valence-electron chi connectivity index (χ2n) is 0. The molecule has 0 aromatic heterocycles. The Kier molecular flexibility index (Phi) is 2150. The molecule has 60 valence electrons. The Labute approximate surface area is 118 Å². The van der Waals surface area contributed by atoms with Crippen molar-refractivity contribution in [2.45, 2.75) is 0 Å². The van der Waals surface area contributed by atoms with E-state index in [1.54, 1.807) is 0 Å². The zero-order chi connectivity index (χ0) is 0. The molecule has 0 unspecified atom stereocenters. The van der Waals surface area contributed by atoms with E-state index < -0.39 is 0 Å². The van der Waals surface area contributed by atoms with Gasteiger partial charge in [-0.25, -0.2) is 0 Å². The van der Waals surface area contributed by atoms with Crippen molar-refractivity contribution in [2.75, 3.05) is 0 Å². The van der Waals surface area contributed by atoms with Gasteiger partial charge in [-0.05, 0) is 0 Å². The van der Waals surface area contributed by atoms with Gasteiger partial charge in [0, 0.05) is 33.6 Å². The Hall–Kier alpha value is 3.02. The van der Waals surface area contributed by atoms with Gasteiger partial charge < -0.3 is 16.4 Å². The van der Waals surface area contributed by atoms with Gasteiger partial charge in [0.1, 0.15) is 0 Å². The predicted octanol–water partition coefficient (Wildman–Crippen LogP) is -2.73. The first-order valence-electron chi connectivity index (χ1n) is 0. The summed E-state index contributed by atoms with van der Waals surface area (Å²) < 4.78 is 0. The fourth-order valence-electron chi connectivity index (χ4n) is 0. The molecule has 0 atom stereocenters. The van der Waals surface area contributed by atoms with Gasteiger partial charge in [0.2, 0.25) is 0 Å². The van der Waals surface area contributed by atoms with Crippen LogP contribution in [0.15, 0.2) is 0 Å². The molecule has 0 aliphatic rings. The molecule has 9 heteroatoms. The normalized spacial score (nSPS) is 0. The largest absolute Gasteiger partial charge is 3.00 e. The molecular formula is H6Al2Co2Cr2O3. The van der Waals surface area contributed by atoms with Crippen LogP contribution in [0.4, 0.5) is 0 Å². The summed E-state index contributed by atoms with van der Waals surface area (Å²) in [6.07, 6.45) is 0. The number of rotatable bonds is 0. The van der Waals surface area contributed by atoms with Crippen LogP contribution in [0, 0.1) is 0 Å². The Morgan fingerprint density at radius 3 is 0.444 bits per heavy atom. The van der Waals surface area contributed by atoms with Gasteiger partial charge in [-0.2, -0.15) is 0 Å². The van der Waals surface area contributed by atoms with Gasteiger partial charge in [0.25, 0.3) is 0 Å². The Bertz CT molecular complexity index is 17.8. The van der Waals surface area contributed by atoms with Crippen LogP contribution in [0.5, 0.6) is 0 Å². The van der Waals surface area contributed by atoms with Crippen LogP contribution in [-0.2, 0) is 84.7 Å². The molecule has 4 radical (unpaired) electrons. The first kappa shape index (κ1) is 160. The van der Waals surface area contributed by atoms with Gasteiger partial charge in [0.05, 0.1) is 0 Å². The average Bonchev–Trinajstić information content (AvgIpc) is 0. The van der Waals surface area contributed by atoms with Crippen LogP contribution < -0.4 is 0 Å². The minimum absolute atomic E-state index is 0. The number of hydrogen-bond acceptors (Lipinski definition) is 0. The summed E-state index contributed by atoms with van der Waals surface area (Å²) in [6, 6.07) is 0. The molecule has 0 saturated carbocycles. The molecule has 0 bridgehead atoms. The van der Waals surface area contributed by atoms with Crippen molar-refractivity contribution in [3.05, 3.63) is 0 Å². The molecule has 0 spiro atoms. The van der Waals surface area contributed by atoms with Crippen molar-refractivity contribution >= 4 is 34.7 Å². The zero-order valence-corrected chi connectivity index (χ0v) is 7.34. The molecule has 0 aromatic rings. The monoisotopic (exact) mass is 330 g/mol. The summed E-state index contributed by atoms with van der Waals surface area (Å²) in [7, 11) is 0. The molecule has 0 aromatic carbocycles. The van der Waals surface area contributed by atoms with Crippen LogP contribution in [-0.4, -0.2) is 34.7 Å². The molecule has 0 fully saturated rings. The van der Waals surface area contributed by atoms with Crippen molar-refractivity contribution in [1.29, 1.82) is 0 Å². The topological polar surface area (TPSA) is 85.5 Å². The van der Waals surface area contributed by atoms with Crippen LogP contribution in [0.1, 0.15) is 0 Å². The van der Waals surface area contributed by atoms with E-state index in [0.29, 0.717) is 0 Å². The maximum atomic E-state index is 0. The summed E-state index contributed by atoms with van der Waals surface area (Å²) in [6.45, 7) is 0. The van der Waals surface area contributed by atoms with E-state index in [1.807, 2.05) is 0 Å². The van der Waals surface area contributed by atoms with Crippen molar-refractivity contribution in [2.24, 2.45) is 0 Å². The average molecular weight is 330 g/mol. The van der Waals surface area contributed by atoms with Gasteiger partial charge in [-0.15, -0.1) is 0 Å². The fraction of sp³-hybridized carbons (Fsp3) is 0. The van der Waals surface area contributed by atoms with Crippen LogP contribution >= 0.6 is 0 Å². The summed E-state index contributed by atoms with van der Waals surface area (Å²) in [5.74, 6) is 0. The van der Waals surface area contributed by atoms with Gasteiger partial charge >= 0.3 is 34.7 Å². The number of hydrogen-bond donors (Lipinski definition) is 0. The molecule has 0 amide bonds. The zero-order valence-electron chi connectivity index (χ0n) is 2.71. The molecule has 0 saturated heterocycles. The van der Waals surface area contributed by atoms with Crippen molar-refractivity contribution in [3.8, 4) is 0 Å². The van der Waals surface area contributed by atoms with E-state index in [4.69, 9.17) is 0 Å². The first-order valence-corrected chi connectivity index (χ1v) is 0. The summed E-state index contributed by atoms with van der Waals surface area (Å²) in [5.41, 5.74) is 0. The molecule has 0 aliphatic carbocycles. The van der Waals surface area contributed by atoms with Crippen LogP contribution in [0.3, 0.4) is 0 Å². The van der Waals surface area contributed by atoms with Gasteiger partial charge in [-0.1, -0.05) is 0 Å². The summed E-state index contributed by atoms with van der Waals surface area (Å²) in [5, 5.41) is 0. The second kappa shape index (κ2) is 121.